The largest absolute Gasteiger partial charge is 0.481 e. The van der Waals surface area contributed by atoms with Gasteiger partial charge in [0.15, 0.2) is 0 Å². The molecule has 21 heavy (non-hydrogen) atoms. The number of aliphatic carboxylic acids is 1. The number of carboxylic acids is 1. The topological polar surface area (TPSA) is 57.6 Å². The van der Waals surface area contributed by atoms with Crippen molar-refractivity contribution in [1.82, 2.24) is 4.90 Å². The minimum atomic E-state index is -0.799. The monoisotopic (exact) mass is 295 g/mol. The molecule has 2 aliphatic rings. The summed E-state index contributed by atoms with van der Waals surface area (Å²) < 4.78 is 0. The van der Waals surface area contributed by atoms with Crippen LogP contribution in [0.2, 0.25) is 0 Å². The van der Waals surface area contributed by atoms with Crippen molar-refractivity contribution in [1.29, 1.82) is 0 Å². The third-order valence-corrected chi connectivity index (χ3v) is 5.46. The Labute approximate surface area is 127 Å². The highest BCUT2D eigenvalue weighted by Crippen LogP contribution is 2.38. The Balaban J connectivity index is 2.00. The lowest BCUT2D eigenvalue weighted by molar-refractivity contribution is -0.149. The highest BCUT2D eigenvalue weighted by atomic mass is 16.4. The molecule has 120 valence electrons. The van der Waals surface area contributed by atoms with Gasteiger partial charge >= 0.3 is 5.97 Å². The molecule has 0 aromatic rings. The van der Waals surface area contributed by atoms with Crippen LogP contribution in [-0.4, -0.2) is 35.0 Å². The number of hydrogen-bond acceptors (Lipinski definition) is 2. The van der Waals surface area contributed by atoms with Gasteiger partial charge < -0.3 is 10.0 Å². The fourth-order valence-electron chi connectivity index (χ4n) is 4.08. The van der Waals surface area contributed by atoms with Crippen molar-refractivity contribution >= 4 is 11.9 Å². The van der Waals surface area contributed by atoms with E-state index in [2.05, 4.69) is 20.8 Å². The van der Waals surface area contributed by atoms with Crippen LogP contribution in [0.15, 0.2) is 0 Å². The van der Waals surface area contributed by atoms with Crippen LogP contribution in [0.3, 0.4) is 0 Å². The Kier molecular flexibility index (Phi) is 5.28. The highest BCUT2D eigenvalue weighted by Gasteiger charge is 2.43. The van der Waals surface area contributed by atoms with Gasteiger partial charge in [0, 0.05) is 13.1 Å². The molecular weight excluding hydrogens is 266 g/mol. The molecule has 1 amide bonds. The zero-order valence-corrected chi connectivity index (χ0v) is 13.5. The second kappa shape index (κ2) is 6.80. The van der Waals surface area contributed by atoms with E-state index < -0.39 is 11.9 Å². The van der Waals surface area contributed by atoms with Crippen LogP contribution in [-0.2, 0) is 9.59 Å². The van der Waals surface area contributed by atoms with Gasteiger partial charge in [-0.25, -0.2) is 0 Å². The van der Waals surface area contributed by atoms with Gasteiger partial charge in [-0.3, -0.25) is 9.59 Å². The van der Waals surface area contributed by atoms with E-state index in [4.69, 9.17) is 0 Å². The van der Waals surface area contributed by atoms with Crippen LogP contribution in [0.25, 0.3) is 0 Å². The first-order valence-electron chi connectivity index (χ1n) is 8.41. The van der Waals surface area contributed by atoms with Gasteiger partial charge in [0.2, 0.25) is 5.91 Å². The Bertz CT molecular complexity index is 393. The standard InChI is InChI=1S/C17H29NO3/c1-11(2)13-5-4-7-18(8-6-13)16(19)14-9-12(3)10-15(14)17(20)21/h11-15H,4-10H2,1-3H3,(H,20,21)/t12?,13?,14-,15+/m0/s1. The highest BCUT2D eigenvalue weighted by molar-refractivity contribution is 5.85. The molecule has 0 bridgehead atoms. The minimum Gasteiger partial charge on any atom is -0.481 e. The Morgan fingerprint density at radius 2 is 1.76 bits per heavy atom. The van der Waals surface area contributed by atoms with Crippen molar-refractivity contribution in [2.24, 2.45) is 29.6 Å². The van der Waals surface area contributed by atoms with E-state index in [1.165, 1.54) is 6.42 Å². The van der Waals surface area contributed by atoms with Crippen molar-refractivity contribution in [3.63, 3.8) is 0 Å². The molecule has 1 aliphatic carbocycles. The normalized spacial score (nSPS) is 34.0. The van der Waals surface area contributed by atoms with Gasteiger partial charge in [-0.15, -0.1) is 0 Å². The van der Waals surface area contributed by atoms with E-state index >= 15 is 0 Å². The number of amides is 1. The molecule has 0 aromatic heterocycles. The molecule has 4 heteroatoms. The second-order valence-electron chi connectivity index (χ2n) is 7.39. The number of carbonyl (C=O) groups is 2. The summed E-state index contributed by atoms with van der Waals surface area (Å²) in [6, 6.07) is 0. The van der Waals surface area contributed by atoms with Gasteiger partial charge in [-0.2, -0.15) is 0 Å². The minimum absolute atomic E-state index is 0.0937. The molecule has 1 heterocycles. The van der Waals surface area contributed by atoms with Gasteiger partial charge in [0.05, 0.1) is 11.8 Å². The van der Waals surface area contributed by atoms with Gasteiger partial charge in [-0.1, -0.05) is 20.8 Å². The van der Waals surface area contributed by atoms with E-state index in [1.54, 1.807) is 0 Å². The van der Waals surface area contributed by atoms with Crippen molar-refractivity contribution in [3.8, 4) is 0 Å². The average Bonchev–Trinajstić information content (AvgIpc) is 2.66. The molecule has 0 aromatic carbocycles. The molecule has 4 nitrogen and oxygen atoms in total. The quantitative estimate of drug-likeness (QED) is 0.870. The third kappa shape index (κ3) is 3.78. The van der Waals surface area contributed by atoms with Crippen molar-refractivity contribution in [3.05, 3.63) is 0 Å². The van der Waals surface area contributed by atoms with Gasteiger partial charge in [0.25, 0.3) is 0 Å². The zero-order valence-electron chi connectivity index (χ0n) is 13.5. The van der Waals surface area contributed by atoms with E-state index in [0.29, 0.717) is 24.2 Å². The summed E-state index contributed by atoms with van der Waals surface area (Å²) in [4.78, 5) is 26.1. The summed E-state index contributed by atoms with van der Waals surface area (Å²) in [6.07, 6.45) is 4.68. The third-order valence-electron chi connectivity index (χ3n) is 5.46. The number of carbonyl (C=O) groups excluding carboxylic acids is 1. The van der Waals surface area contributed by atoms with Crippen LogP contribution in [0, 0.1) is 29.6 Å². The summed E-state index contributed by atoms with van der Waals surface area (Å²) in [6.45, 7) is 8.17. The van der Waals surface area contributed by atoms with Crippen molar-refractivity contribution in [2.75, 3.05) is 13.1 Å². The average molecular weight is 295 g/mol. The summed E-state index contributed by atoms with van der Waals surface area (Å²) in [5, 5.41) is 9.35. The molecule has 1 saturated heterocycles. The molecule has 1 aliphatic heterocycles. The molecule has 0 radical (unpaired) electrons. The maximum Gasteiger partial charge on any atom is 0.307 e. The number of hydrogen-bond donors (Lipinski definition) is 1. The fourth-order valence-corrected chi connectivity index (χ4v) is 4.08. The lowest BCUT2D eigenvalue weighted by atomic mass is 9.89. The fraction of sp³-hybridized carbons (Fsp3) is 0.882. The molecule has 2 rings (SSSR count). The van der Waals surface area contributed by atoms with Crippen LogP contribution >= 0.6 is 0 Å². The van der Waals surface area contributed by atoms with Crippen LogP contribution in [0.1, 0.15) is 52.9 Å². The molecule has 4 atom stereocenters. The van der Waals surface area contributed by atoms with Crippen LogP contribution < -0.4 is 0 Å². The number of rotatable bonds is 3. The van der Waals surface area contributed by atoms with E-state index in [9.17, 15) is 14.7 Å². The molecule has 2 fully saturated rings. The zero-order chi connectivity index (χ0) is 15.6. The summed E-state index contributed by atoms with van der Waals surface area (Å²) in [5.41, 5.74) is 0. The molecular formula is C17H29NO3. The van der Waals surface area contributed by atoms with E-state index in [0.717, 1.165) is 32.4 Å². The lowest BCUT2D eigenvalue weighted by Crippen LogP contribution is -2.39. The van der Waals surface area contributed by atoms with E-state index in [1.807, 2.05) is 4.90 Å². The molecule has 1 N–H and O–H groups in total. The smallest absolute Gasteiger partial charge is 0.307 e. The van der Waals surface area contributed by atoms with Crippen LogP contribution in [0.5, 0.6) is 0 Å². The number of likely N-dealkylation sites (tertiary alicyclic amines) is 1. The predicted molar refractivity (Wildman–Crippen MR) is 81.8 cm³/mol. The Hall–Kier alpha value is -1.06. The summed E-state index contributed by atoms with van der Waals surface area (Å²) >= 11 is 0. The van der Waals surface area contributed by atoms with Crippen LogP contribution in [0.4, 0.5) is 0 Å². The lowest BCUT2D eigenvalue weighted by Gasteiger charge is -2.26. The Morgan fingerprint density at radius 3 is 2.38 bits per heavy atom. The van der Waals surface area contributed by atoms with Gasteiger partial charge in [0.1, 0.15) is 0 Å². The number of nitrogens with zero attached hydrogens (tertiary/aromatic N) is 1. The first-order chi connectivity index (χ1) is 9.90. The first-order valence-corrected chi connectivity index (χ1v) is 8.41. The molecule has 0 spiro atoms. The van der Waals surface area contributed by atoms with Gasteiger partial charge in [-0.05, 0) is 49.9 Å². The predicted octanol–water partition coefficient (Wildman–Crippen LogP) is 3.02. The van der Waals surface area contributed by atoms with Crippen molar-refractivity contribution < 1.29 is 14.7 Å². The maximum absolute atomic E-state index is 12.8. The van der Waals surface area contributed by atoms with Crippen molar-refractivity contribution in [2.45, 2.75) is 52.9 Å². The second-order valence-corrected chi connectivity index (χ2v) is 7.39. The van der Waals surface area contributed by atoms with E-state index in [-0.39, 0.29) is 11.8 Å². The summed E-state index contributed by atoms with van der Waals surface area (Å²) in [5.74, 6) is 0.225. The maximum atomic E-state index is 12.8. The molecule has 2 unspecified atom stereocenters. The summed E-state index contributed by atoms with van der Waals surface area (Å²) in [7, 11) is 0. The molecule has 1 saturated carbocycles. The first kappa shape index (κ1) is 16.3. The Morgan fingerprint density at radius 1 is 1.10 bits per heavy atom. The number of carboxylic acid groups (broad SMARTS) is 1. The SMILES string of the molecule is CC1C[C@H](C(=O)N2CCCC(C(C)C)CC2)[C@H](C(=O)O)C1.